The number of hydrogen-bond donors (Lipinski definition) is 1. The molecule has 1 aromatic rings. The summed E-state index contributed by atoms with van der Waals surface area (Å²) in [7, 11) is 0. The molecule has 12 heavy (non-hydrogen) atoms. The van der Waals surface area contributed by atoms with E-state index in [9.17, 15) is 0 Å². The van der Waals surface area contributed by atoms with E-state index >= 15 is 0 Å². The Morgan fingerprint density at radius 1 is 1.42 bits per heavy atom. The molecule has 1 aromatic carbocycles. The van der Waals surface area contributed by atoms with E-state index in [-0.39, 0.29) is 0 Å². The lowest BCUT2D eigenvalue weighted by atomic mass is 10.0. The average molecular weight is 228 g/mol. The molecule has 0 unspecified atom stereocenters. The summed E-state index contributed by atoms with van der Waals surface area (Å²) in [6.07, 6.45) is 2.04. The molecule has 0 saturated carbocycles. The Kier molecular flexibility index (Phi) is 3.76. The summed E-state index contributed by atoms with van der Waals surface area (Å²) < 4.78 is 1.19. The molecule has 0 atom stereocenters. The predicted molar refractivity (Wildman–Crippen MR) is 56.3 cm³/mol. The number of benzene rings is 1. The van der Waals surface area contributed by atoms with Crippen LogP contribution >= 0.6 is 15.9 Å². The summed E-state index contributed by atoms with van der Waals surface area (Å²) >= 11 is 3.53. The van der Waals surface area contributed by atoms with Crippen LogP contribution in [0, 0.1) is 0 Å². The second-order valence-corrected chi connectivity index (χ2v) is 3.62. The lowest BCUT2D eigenvalue weighted by molar-refractivity contribution is 0.933. The van der Waals surface area contributed by atoms with Gasteiger partial charge in [-0.1, -0.05) is 35.0 Å². The molecule has 0 heterocycles. The fourth-order valence-corrected chi connectivity index (χ4v) is 1.96. The first-order valence-electron chi connectivity index (χ1n) is 4.26. The summed E-state index contributed by atoms with van der Waals surface area (Å²) in [6.45, 7) is 2.89. The number of rotatable bonds is 3. The van der Waals surface area contributed by atoms with Crippen LogP contribution in [0.3, 0.4) is 0 Å². The molecule has 0 saturated heterocycles. The zero-order chi connectivity index (χ0) is 8.97. The van der Waals surface area contributed by atoms with E-state index in [1.54, 1.807) is 0 Å². The lowest BCUT2D eigenvalue weighted by Gasteiger charge is -2.08. The van der Waals surface area contributed by atoms with Gasteiger partial charge in [0.1, 0.15) is 0 Å². The van der Waals surface area contributed by atoms with Crippen molar-refractivity contribution in [2.45, 2.75) is 19.8 Å². The van der Waals surface area contributed by atoms with Crippen LogP contribution in [0.5, 0.6) is 0 Å². The maximum absolute atomic E-state index is 5.53. The van der Waals surface area contributed by atoms with Crippen molar-refractivity contribution in [2.75, 3.05) is 6.54 Å². The van der Waals surface area contributed by atoms with Crippen LogP contribution in [0.2, 0.25) is 0 Å². The van der Waals surface area contributed by atoms with Gasteiger partial charge in [0.05, 0.1) is 0 Å². The van der Waals surface area contributed by atoms with Crippen molar-refractivity contribution in [3.63, 3.8) is 0 Å². The first kappa shape index (κ1) is 9.75. The minimum Gasteiger partial charge on any atom is -0.330 e. The molecule has 1 nitrogen and oxygen atoms in total. The van der Waals surface area contributed by atoms with Crippen LogP contribution in [0.1, 0.15) is 18.1 Å². The fourth-order valence-electron chi connectivity index (χ4n) is 1.36. The first-order chi connectivity index (χ1) is 5.79. The van der Waals surface area contributed by atoms with E-state index in [2.05, 4.69) is 41.1 Å². The van der Waals surface area contributed by atoms with Gasteiger partial charge in [0.15, 0.2) is 0 Å². The molecule has 0 aliphatic rings. The van der Waals surface area contributed by atoms with Crippen LogP contribution in [0.4, 0.5) is 0 Å². The molecule has 2 heteroatoms. The summed E-state index contributed by atoms with van der Waals surface area (Å²) in [4.78, 5) is 0. The highest BCUT2D eigenvalue weighted by atomic mass is 79.9. The van der Waals surface area contributed by atoms with Gasteiger partial charge in [-0.15, -0.1) is 0 Å². The fraction of sp³-hybridized carbons (Fsp3) is 0.400. The highest BCUT2D eigenvalue weighted by Gasteiger charge is 2.02. The van der Waals surface area contributed by atoms with Gasteiger partial charge in [-0.3, -0.25) is 0 Å². The van der Waals surface area contributed by atoms with Crippen molar-refractivity contribution < 1.29 is 0 Å². The quantitative estimate of drug-likeness (QED) is 0.845. The molecule has 0 fully saturated rings. The molecule has 0 aliphatic heterocycles. The Hall–Kier alpha value is -0.340. The van der Waals surface area contributed by atoms with Crippen molar-refractivity contribution in [1.29, 1.82) is 0 Å². The minimum atomic E-state index is 0.718. The summed E-state index contributed by atoms with van der Waals surface area (Å²) in [5, 5.41) is 0. The van der Waals surface area contributed by atoms with E-state index < -0.39 is 0 Å². The van der Waals surface area contributed by atoms with Gasteiger partial charge in [-0.25, -0.2) is 0 Å². The molecule has 66 valence electrons. The maximum Gasteiger partial charge on any atom is 0.0210 e. The Bertz CT molecular complexity index is 258. The van der Waals surface area contributed by atoms with Crippen LogP contribution < -0.4 is 5.73 Å². The SMILES string of the molecule is CCc1cccc(Br)c1CCN. The van der Waals surface area contributed by atoms with Gasteiger partial charge in [-0.2, -0.15) is 0 Å². The molecule has 0 amide bonds. The van der Waals surface area contributed by atoms with Crippen molar-refractivity contribution in [3.05, 3.63) is 33.8 Å². The molecule has 0 spiro atoms. The zero-order valence-electron chi connectivity index (χ0n) is 7.31. The van der Waals surface area contributed by atoms with Crippen LogP contribution in [0.25, 0.3) is 0 Å². The molecule has 1 rings (SSSR count). The van der Waals surface area contributed by atoms with Gasteiger partial charge in [0.2, 0.25) is 0 Å². The topological polar surface area (TPSA) is 26.0 Å². The standard InChI is InChI=1S/C10H14BrN/c1-2-8-4-3-5-10(11)9(8)6-7-12/h3-5H,2,6-7,12H2,1H3. The molecule has 0 radical (unpaired) electrons. The highest BCUT2D eigenvalue weighted by molar-refractivity contribution is 9.10. The molecular weight excluding hydrogens is 214 g/mol. The minimum absolute atomic E-state index is 0.718. The summed E-state index contributed by atoms with van der Waals surface area (Å²) in [5.41, 5.74) is 8.29. The zero-order valence-corrected chi connectivity index (χ0v) is 8.89. The largest absolute Gasteiger partial charge is 0.330 e. The van der Waals surface area contributed by atoms with Crippen molar-refractivity contribution >= 4 is 15.9 Å². The predicted octanol–water partition coefficient (Wildman–Crippen LogP) is 2.51. The van der Waals surface area contributed by atoms with Gasteiger partial charge >= 0.3 is 0 Å². The lowest BCUT2D eigenvalue weighted by Crippen LogP contribution is -2.05. The number of hydrogen-bond acceptors (Lipinski definition) is 1. The summed E-state index contributed by atoms with van der Waals surface area (Å²) in [6, 6.07) is 6.31. The Labute approximate surface area is 82.1 Å². The highest BCUT2D eigenvalue weighted by Crippen LogP contribution is 2.21. The van der Waals surface area contributed by atoms with E-state index in [4.69, 9.17) is 5.73 Å². The molecule has 0 aliphatic carbocycles. The number of halogens is 1. The molecule has 0 aromatic heterocycles. The van der Waals surface area contributed by atoms with Crippen molar-refractivity contribution in [2.24, 2.45) is 5.73 Å². The van der Waals surface area contributed by atoms with Crippen LogP contribution in [0.15, 0.2) is 22.7 Å². The van der Waals surface area contributed by atoms with Crippen LogP contribution in [-0.2, 0) is 12.8 Å². The number of nitrogens with two attached hydrogens (primary N) is 1. The average Bonchev–Trinajstić information content (AvgIpc) is 2.09. The van der Waals surface area contributed by atoms with E-state index in [1.165, 1.54) is 15.6 Å². The molecule has 2 N–H and O–H groups in total. The van der Waals surface area contributed by atoms with E-state index in [0.29, 0.717) is 0 Å². The molecular formula is C10H14BrN. The second kappa shape index (κ2) is 4.63. The van der Waals surface area contributed by atoms with E-state index in [0.717, 1.165) is 19.4 Å². The summed E-state index contributed by atoms with van der Waals surface area (Å²) in [5.74, 6) is 0. The Morgan fingerprint density at radius 3 is 2.75 bits per heavy atom. The smallest absolute Gasteiger partial charge is 0.0210 e. The van der Waals surface area contributed by atoms with Gasteiger partial charge in [0.25, 0.3) is 0 Å². The third-order valence-corrected chi connectivity index (χ3v) is 2.73. The first-order valence-corrected chi connectivity index (χ1v) is 5.05. The van der Waals surface area contributed by atoms with Gasteiger partial charge in [-0.05, 0) is 36.6 Å². The number of aryl methyl sites for hydroxylation is 1. The third-order valence-electron chi connectivity index (χ3n) is 1.99. The Morgan fingerprint density at radius 2 is 2.17 bits per heavy atom. The Balaban J connectivity index is 3.02. The van der Waals surface area contributed by atoms with E-state index in [1.807, 2.05) is 0 Å². The van der Waals surface area contributed by atoms with Crippen molar-refractivity contribution in [1.82, 2.24) is 0 Å². The van der Waals surface area contributed by atoms with Gasteiger partial charge < -0.3 is 5.73 Å². The normalized spacial score (nSPS) is 10.2. The third kappa shape index (κ3) is 2.08. The van der Waals surface area contributed by atoms with Gasteiger partial charge in [0, 0.05) is 4.47 Å². The second-order valence-electron chi connectivity index (χ2n) is 2.77. The molecule has 0 bridgehead atoms. The van der Waals surface area contributed by atoms with Crippen molar-refractivity contribution in [3.8, 4) is 0 Å². The maximum atomic E-state index is 5.53. The van der Waals surface area contributed by atoms with Crippen LogP contribution in [-0.4, -0.2) is 6.54 Å². The monoisotopic (exact) mass is 227 g/mol.